The number of thioether (sulfide) groups is 2. The first-order chi connectivity index (χ1) is 7.74. The van der Waals surface area contributed by atoms with Gasteiger partial charge in [-0.1, -0.05) is 6.92 Å². The van der Waals surface area contributed by atoms with Gasteiger partial charge in [-0.2, -0.15) is 23.5 Å². The highest BCUT2D eigenvalue weighted by molar-refractivity contribution is 8.06. The Morgan fingerprint density at radius 3 is 2.75 bits per heavy atom. The van der Waals surface area contributed by atoms with Crippen molar-refractivity contribution in [1.82, 2.24) is 5.32 Å². The first-order valence-corrected chi connectivity index (χ1v) is 8.48. The number of ether oxygens (including phenoxy) is 1. The third kappa shape index (κ3) is 5.80. The molecule has 96 valence electrons. The fourth-order valence-electron chi connectivity index (χ4n) is 1.66. The van der Waals surface area contributed by atoms with Crippen LogP contribution < -0.4 is 5.32 Å². The second-order valence-electron chi connectivity index (χ2n) is 4.43. The number of hydrogen-bond donors (Lipinski definition) is 1. The van der Waals surface area contributed by atoms with Crippen LogP contribution in [-0.2, 0) is 4.74 Å². The van der Waals surface area contributed by atoms with Crippen molar-refractivity contribution < 1.29 is 4.74 Å². The lowest BCUT2D eigenvalue weighted by molar-refractivity contribution is 0.0618. The van der Waals surface area contributed by atoms with Crippen LogP contribution in [0.1, 0.15) is 27.2 Å². The molecule has 1 N–H and O–H groups in total. The molecule has 1 fully saturated rings. The predicted molar refractivity (Wildman–Crippen MR) is 76.7 cm³/mol. The van der Waals surface area contributed by atoms with Crippen molar-refractivity contribution in [2.24, 2.45) is 0 Å². The third-order valence-corrected chi connectivity index (χ3v) is 5.48. The molecule has 4 heteroatoms. The Morgan fingerprint density at radius 2 is 2.19 bits per heavy atom. The van der Waals surface area contributed by atoms with Gasteiger partial charge in [0.25, 0.3) is 0 Å². The van der Waals surface area contributed by atoms with Crippen LogP contribution in [0.5, 0.6) is 0 Å². The van der Waals surface area contributed by atoms with Crippen molar-refractivity contribution in [1.29, 1.82) is 0 Å². The van der Waals surface area contributed by atoms with Crippen molar-refractivity contribution in [3.05, 3.63) is 0 Å². The molecule has 0 aromatic rings. The highest BCUT2D eigenvalue weighted by Gasteiger charge is 2.24. The summed E-state index contributed by atoms with van der Waals surface area (Å²) in [6.45, 7) is 8.40. The van der Waals surface area contributed by atoms with Gasteiger partial charge in [0, 0.05) is 28.6 Å². The minimum atomic E-state index is 0.340. The quantitative estimate of drug-likeness (QED) is 0.762. The zero-order chi connectivity index (χ0) is 11.8. The Bertz CT molecular complexity index is 172. The topological polar surface area (TPSA) is 21.3 Å². The fourth-order valence-corrected chi connectivity index (χ4v) is 4.53. The second kappa shape index (κ2) is 8.67. The Hall–Kier alpha value is 0.620. The number of hydrogen-bond acceptors (Lipinski definition) is 4. The first kappa shape index (κ1) is 14.7. The van der Waals surface area contributed by atoms with E-state index >= 15 is 0 Å². The Labute approximate surface area is 109 Å². The van der Waals surface area contributed by atoms with Gasteiger partial charge in [-0.25, -0.2) is 0 Å². The summed E-state index contributed by atoms with van der Waals surface area (Å²) >= 11 is 4.19. The van der Waals surface area contributed by atoms with E-state index in [1.807, 2.05) is 0 Å². The molecule has 16 heavy (non-hydrogen) atoms. The van der Waals surface area contributed by atoms with Gasteiger partial charge < -0.3 is 10.1 Å². The summed E-state index contributed by atoms with van der Waals surface area (Å²) in [6, 6.07) is 0.528. The maximum Gasteiger partial charge on any atom is 0.0634 e. The van der Waals surface area contributed by atoms with E-state index in [4.69, 9.17) is 4.74 Å². The van der Waals surface area contributed by atoms with Gasteiger partial charge >= 0.3 is 0 Å². The Balaban J connectivity index is 2.34. The number of nitrogens with one attached hydrogen (secondary N) is 1. The lowest BCUT2D eigenvalue weighted by Crippen LogP contribution is -2.45. The largest absolute Gasteiger partial charge is 0.377 e. The van der Waals surface area contributed by atoms with Gasteiger partial charge in [0.1, 0.15) is 0 Å². The van der Waals surface area contributed by atoms with Gasteiger partial charge in [0.2, 0.25) is 0 Å². The van der Waals surface area contributed by atoms with Crippen LogP contribution in [0.15, 0.2) is 0 Å². The summed E-state index contributed by atoms with van der Waals surface area (Å²) in [5.41, 5.74) is 0. The highest BCUT2D eigenvalue weighted by Crippen LogP contribution is 2.26. The Kier molecular flexibility index (Phi) is 7.96. The summed E-state index contributed by atoms with van der Waals surface area (Å²) in [4.78, 5) is 0. The molecule has 0 radical (unpaired) electrons. The maximum atomic E-state index is 5.77. The van der Waals surface area contributed by atoms with Crippen LogP contribution in [0.4, 0.5) is 0 Å². The van der Waals surface area contributed by atoms with E-state index in [-0.39, 0.29) is 0 Å². The minimum Gasteiger partial charge on any atom is -0.377 e. The number of rotatable bonds is 7. The molecule has 1 heterocycles. The molecule has 2 nitrogen and oxygen atoms in total. The molecule has 1 aliphatic heterocycles. The predicted octanol–water partition coefficient (Wildman–Crippen LogP) is 2.63. The van der Waals surface area contributed by atoms with Gasteiger partial charge in [-0.3, -0.25) is 0 Å². The lowest BCUT2D eigenvalue weighted by Gasteiger charge is -2.30. The third-order valence-electron chi connectivity index (χ3n) is 2.56. The summed E-state index contributed by atoms with van der Waals surface area (Å²) in [7, 11) is 0. The molecule has 0 amide bonds. The van der Waals surface area contributed by atoms with Crippen molar-refractivity contribution in [2.75, 3.05) is 30.4 Å². The fraction of sp³-hybridized carbons (Fsp3) is 1.00. The average molecular weight is 263 g/mol. The molecule has 2 unspecified atom stereocenters. The monoisotopic (exact) mass is 263 g/mol. The normalized spacial score (nSPS) is 23.6. The zero-order valence-corrected chi connectivity index (χ0v) is 12.3. The molecule has 0 bridgehead atoms. The van der Waals surface area contributed by atoms with Gasteiger partial charge in [-0.05, 0) is 26.8 Å². The van der Waals surface area contributed by atoms with Gasteiger partial charge in [-0.15, -0.1) is 0 Å². The summed E-state index contributed by atoms with van der Waals surface area (Å²) < 4.78 is 5.77. The van der Waals surface area contributed by atoms with Crippen LogP contribution in [-0.4, -0.2) is 47.8 Å². The standard InChI is InChI=1S/C12H25NOS2/c1-4-5-13-11(8-14-10(2)3)12-9-15-6-7-16-12/h10-13H,4-9H2,1-3H3. The van der Waals surface area contributed by atoms with Crippen LogP contribution in [0, 0.1) is 0 Å². The van der Waals surface area contributed by atoms with Crippen LogP contribution in [0.25, 0.3) is 0 Å². The van der Waals surface area contributed by atoms with E-state index < -0.39 is 0 Å². The van der Waals surface area contributed by atoms with E-state index in [1.165, 1.54) is 23.7 Å². The first-order valence-electron chi connectivity index (χ1n) is 6.28. The minimum absolute atomic E-state index is 0.340. The summed E-state index contributed by atoms with van der Waals surface area (Å²) in [5.74, 6) is 3.88. The molecule has 2 atom stereocenters. The van der Waals surface area contributed by atoms with Crippen molar-refractivity contribution in [2.45, 2.75) is 44.6 Å². The molecule has 0 aromatic carbocycles. The van der Waals surface area contributed by atoms with Crippen LogP contribution >= 0.6 is 23.5 Å². The molecular weight excluding hydrogens is 238 g/mol. The molecule has 0 saturated carbocycles. The second-order valence-corrected chi connectivity index (χ2v) is 6.92. The molecule has 0 aliphatic carbocycles. The molecule has 0 spiro atoms. The summed E-state index contributed by atoms with van der Waals surface area (Å²) in [6.07, 6.45) is 1.54. The van der Waals surface area contributed by atoms with E-state index in [0.29, 0.717) is 12.1 Å². The van der Waals surface area contributed by atoms with Gasteiger partial charge in [0.05, 0.1) is 12.7 Å². The van der Waals surface area contributed by atoms with Gasteiger partial charge in [0.15, 0.2) is 0 Å². The average Bonchev–Trinajstić information content (AvgIpc) is 2.30. The molecular formula is C12H25NOS2. The summed E-state index contributed by atoms with van der Waals surface area (Å²) in [5, 5.41) is 4.36. The van der Waals surface area contributed by atoms with E-state index in [0.717, 1.165) is 18.4 Å². The van der Waals surface area contributed by atoms with Crippen molar-refractivity contribution in [3.8, 4) is 0 Å². The van der Waals surface area contributed by atoms with Crippen LogP contribution in [0.2, 0.25) is 0 Å². The van der Waals surface area contributed by atoms with Crippen molar-refractivity contribution in [3.63, 3.8) is 0 Å². The van der Waals surface area contributed by atoms with Crippen LogP contribution in [0.3, 0.4) is 0 Å². The molecule has 1 saturated heterocycles. The van der Waals surface area contributed by atoms with E-state index in [1.54, 1.807) is 0 Å². The molecule has 1 rings (SSSR count). The van der Waals surface area contributed by atoms with E-state index in [9.17, 15) is 0 Å². The SMILES string of the molecule is CCCNC(COC(C)C)C1CSCCS1. The highest BCUT2D eigenvalue weighted by atomic mass is 32.2. The maximum absolute atomic E-state index is 5.77. The Morgan fingerprint density at radius 1 is 1.38 bits per heavy atom. The molecule has 0 aromatic heterocycles. The zero-order valence-electron chi connectivity index (χ0n) is 10.7. The smallest absolute Gasteiger partial charge is 0.0634 e. The van der Waals surface area contributed by atoms with E-state index in [2.05, 4.69) is 49.6 Å². The molecule has 1 aliphatic rings. The lowest BCUT2D eigenvalue weighted by atomic mass is 10.2. The van der Waals surface area contributed by atoms with Crippen molar-refractivity contribution >= 4 is 23.5 Å².